The molecule has 0 saturated carbocycles. The van der Waals surface area contributed by atoms with Gasteiger partial charge in [0.2, 0.25) is 0 Å². The van der Waals surface area contributed by atoms with E-state index in [9.17, 15) is 0 Å². The van der Waals surface area contributed by atoms with Crippen LogP contribution in [-0.4, -0.2) is 27.4 Å². The van der Waals surface area contributed by atoms with Crippen molar-refractivity contribution in [1.82, 2.24) is 14.3 Å². The molecule has 0 aliphatic carbocycles. The van der Waals surface area contributed by atoms with E-state index >= 15 is 0 Å². The third-order valence-electron chi connectivity index (χ3n) is 3.20. The van der Waals surface area contributed by atoms with Gasteiger partial charge in [-0.15, -0.1) is 0 Å². The Hall–Kier alpha value is -1.39. The van der Waals surface area contributed by atoms with Gasteiger partial charge in [0.05, 0.1) is 5.69 Å². The van der Waals surface area contributed by atoms with E-state index in [2.05, 4.69) is 47.2 Å². The lowest BCUT2D eigenvalue weighted by Gasteiger charge is -2.18. The van der Waals surface area contributed by atoms with Crippen LogP contribution in [0.25, 0.3) is 11.1 Å². The third-order valence-corrected chi connectivity index (χ3v) is 4.59. The van der Waals surface area contributed by atoms with E-state index in [0.717, 1.165) is 30.0 Å². The second-order valence-corrected chi connectivity index (χ2v) is 5.84. The third kappa shape index (κ3) is 3.58. The Bertz CT molecular complexity index is 580. The quantitative estimate of drug-likeness (QED) is 0.774. The Morgan fingerprint density at radius 3 is 2.45 bits per heavy atom. The lowest BCUT2D eigenvalue weighted by atomic mass is 10.1. The molecule has 0 bridgehead atoms. The van der Waals surface area contributed by atoms with Crippen LogP contribution in [0.3, 0.4) is 0 Å². The lowest BCUT2D eigenvalue weighted by molar-refractivity contribution is 0.524. The molecule has 2 aromatic rings. The molecule has 0 aliphatic rings. The van der Waals surface area contributed by atoms with Gasteiger partial charge >= 0.3 is 0 Å². The molecule has 20 heavy (non-hydrogen) atoms. The van der Waals surface area contributed by atoms with E-state index in [-0.39, 0.29) is 0 Å². The fraction of sp³-hybridized carbons (Fsp3) is 0.375. The van der Waals surface area contributed by atoms with Crippen LogP contribution in [0.4, 0.5) is 0 Å². The van der Waals surface area contributed by atoms with Gasteiger partial charge in [0.15, 0.2) is 0 Å². The van der Waals surface area contributed by atoms with Crippen LogP contribution in [0.2, 0.25) is 0 Å². The molecule has 0 spiro atoms. The Balaban J connectivity index is 2.33. The molecule has 2 aromatic heterocycles. The van der Waals surface area contributed by atoms with Crippen LogP contribution in [0.15, 0.2) is 35.5 Å². The van der Waals surface area contributed by atoms with E-state index in [4.69, 9.17) is 0 Å². The normalized spacial score (nSPS) is 11.1. The number of nitrogens with zero attached hydrogens (tertiary/aromatic N) is 3. The SMILES string of the molecule is CCN(CC)Sc1cc(-c2ccnc(C)c2)cnc1C. The Morgan fingerprint density at radius 2 is 1.80 bits per heavy atom. The topological polar surface area (TPSA) is 29.0 Å². The maximum absolute atomic E-state index is 4.54. The number of hydrogen-bond acceptors (Lipinski definition) is 4. The summed E-state index contributed by atoms with van der Waals surface area (Å²) in [5.41, 5.74) is 4.43. The van der Waals surface area contributed by atoms with Gasteiger partial charge in [-0.2, -0.15) is 0 Å². The van der Waals surface area contributed by atoms with Gasteiger partial charge < -0.3 is 0 Å². The second-order valence-electron chi connectivity index (χ2n) is 4.70. The molecule has 0 N–H and O–H groups in total. The Labute approximate surface area is 125 Å². The summed E-state index contributed by atoms with van der Waals surface area (Å²) in [6.45, 7) is 10.5. The maximum Gasteiger partial charge on any atom is 0.0521 e. The fourth-order valence-electron chi connectivity index (χ4n) is 1.98. The van der Waals surface area contributed by atoms with Gasteiger partial charge in [0.25, 0.3) is 0 Å². The van der Waals surface area contributed by atoms with Gasteiger partial charge in [-0.1, -0.05) is 13.8 Å². The van der Waals surface area contributed by atoms with Crippen LogP contribution >= 0.6 is 11.9 Å². The van der Waals surface area contributed by atoms with Gasteiger partial charge in [-0.3, -0.25) is 9.97 Å². The smallest absolute Gasteiger partial charge is 0.0521 e. The van der Waals surface area contributed by atoms with Gasteiger partial charge in [0.1, 0.15) is 0 Å². The van der Waals surface area contributed by atoms with Crippen molar-refractivity contribution < 1.29 is 0 Å². The van der Waals surface area contributed by atoms with Crippen molar-refractivity contribution in [1.29, 1.82) is 0 Å². The molecule has 2 heterocycles. The molecular formula is C16H21N3S. The summed E-state index contributed by atoms with van der Waals surface area (Å²) in [7, 11) is 0. The first-order chi connectivity index (χ1) is 9.63. The zero-order valence-corrected chi connectivity index (χ0v) is 13.4. The minimum Gasteiger partial charge on any atom is -0.262 e. The van der Waals surface area contributed by atoms with Crippen molar-refractivity contribution in [3.63, 3.8) is 0 Å². The minimum absolute atomic E-state index is 1.03. The van der Waals surface area contributed by atoms with Crippen molar-refractivity contribution in [2.24, 2.45) is 0 Å². The highest BCUT2D eigenvalue weighted by Crippen LogP contribution is 2.29. The molecule has 0 atom stereocenters. The molecular weight excluding hydrogens is 266 g/mol. The van der Waals surface area contributed by atoms with Crippen LogP contribution in [0.1, 0.15) is 25.2 Å². The summed E-state index contributed by atoms with van der Waals surface area (Å²) < 4.78 is 2.32. The largest absolute Gasteiger partial charge is 0.262 e. The first-order valence-corrected chi connectivity index (χ1v) is 7.74. The molecule has 0 fully saturated rings. The monoisotopic (exact) mass is 287 g/mol. The standard InChI is InChI=1S/C16H21N3S/c1-5-19(6-2)20-16-10-15(11-18-13(16)4)14-7-8-17-12(3)9-14/h7-11H,5-6H2,1-4H3. The van der Waals surface area contributed by atoms with Crippen molar-refractivity contribution >= 4 is 11.9 Å². The number of aryl methyl sites for hydroxylation is 2. The molecule has 4 heteroatoms. The highest BCUT2D eigenvalue weighted by atomic mass is 32.2. The summed E-state index contributed by atoms with van der Waals surface area (Å²) in [6, 6.07) is 6.35. The highest BCUT2D eigenvalue weighted by Gasteiger charge is 2.08. The number of pyridine rings is 2. The Kier molecular flexibility index (Phi) is 5.15. The molecule has 0 saturated heterocycles. The molecule has 0 unspecified atom stereocenters. The first kappa shape index (κ1) is 15.0. The zero-order valence-electron chi connectivity index (χ0n) is 12.6. The van der Waals surface area contributed by atoms with E-state index in [1.165, 1.54) is 10.5 Å². The van der Waals surface area contributed by atoms with E-state index in [1.54, 1.807) is 11.9 Å². The molecule has 2 rings (SSSR count). The van der Waals surface area contributed by atoms with E-state index in [0.29, 0.717) is 0 Å². The molecule has 106 valence electrons. The number of hydrogen-bond donors (Lipinski definition) is 0. The van der Waals surface area contributed by atoms with Crippen LogP contribution < -0.4 is 0 Å². The predicted octanol–water partition coefficient (Wildman–Crippen LogP) is 4.11. The second kappa shape index (κ2) is 6.86. The fourth-order valence-corrected chi connectivity index (χ4v) is 2.88. The average molecular weight is 287 g/mol. The predicted molar refractivity (Wildman–Crippen MR) is 85.7 cm³/mol. The molecule has 0 amide bonds. The summed E-state index contributed by atoms with van der Waals surface area (Å²) in [6.07, 6.45) is 3.79. The molecule has 0 radical (unpaired) electrons. The van der Waals surface area contributed by atoms with Crippen molar-refractivity contribution in [3.05, 3.63) is 42.0 Å². The molecule has 0 aromatic carbocycles. The van der Waals surface area contributed by atoms with Gasteiger partial charge in [-0.25, -0.2) is 4.31 Å². The summed E-state index contributed by atoms with van der Waals surface area (Å²) in [4.78, 5) is 10.0. The number of rotatable bonds is 5. The molecule has 0 aliphatic heterocycles. The van der Waals surface area contributed by atoms with Crippen LogP contribution in [-0.2, 0) is 0 Å². The van der Waals surface area contributed by atoms with Crippen LogP contribution in [0.5, 0.6) is 0 Å². The van der Waals surface area contributed by atoms with E-state index in [1.807, 2.05) is 25.4 Å². The number of aromatic nitrogens is 2. The van der Waals surface area contributed by atoms with Gasteiger partial charge in [-0.05, 0) is 49.6 Å². The van der Waals surface area contributed by atoms with Crippen LogP contribution in [0, 0.1) is 13.8 Å². The lowest BCUT2D eigenvalue weighted by Crippen LogP contribution is -2.14. The van der Waals surface area contributed by atoms with Gasteiger partial charge in [0, 0.05) is 41.6 Å². The van der Waals surface area contributed by atoms with Crippen molar-refractivity contribution in [2.45, 2.75) is 32.6 Å². The molecule has 3 nitrogen and oxygen atoms in total. The minimum atomic E-state index is 1.03. The zero-order chi connectivity index (χ0) is 14.5. The first-order valence-electron chi connectivity index (χ1n) is 6.96. The van der Waals surface area contributed by atoms with Crippen molar-refractivity contribution in [3.8, 4) is 11.1 Å². The maximum atomic E-state index is 4.54. The highest BCUT2D eigenvalue weighted by molar-refractivity contribution is 7.97. The summed E-state index contributed by atoms with van der Waals surface area (Å²) in [5, 5.41) is 0. The summed E-state index contributed by atoms with van der Waals surface area (Å²) >= 11 is 1.78. The van der Waals surface area contributed by atoms with Crippen molar-refractivity contribution in [2.75, 3.05) is 13.1 Å². The van der Waals surface area contributed by atoms with E-state index < -0.39 is 0 Å². The average Bonchev–Trinajstić information content (AvgIpc) is 2.46. The Morgan fingerprint density at radius 1 is 1.05 bits per heavy atom. The summed E-state index contributed by atoms with van der Waals surface area (Å²) in [5.74, 6) is 0.